The zero-order valence-corrected chi connectivity index (χ0v) is 8.86. The van der Waals surface area contributed by atoms with Crippen molar-refractivity contribution in [3.8, 4) is 0 Å². The number of halogens is 1. The molecule has 86 valence electrons. The van der Waals surface area contributed by atoms with Gasteiger partial charge in [-0.2, -0.15) is 0 Å². The second kappa shape index (κ2) is 5.86. The molecule has 0 fully saturated rings. The molecule has 0 saturated heterocycles. The summed E-state index contributed by atoms with van der Waals surface area (Å²) in [4.78, 5) is 28.8. The lowest BCUT2D eigenvalue weighted by Gasteiger charge is -2.04. The van der Waals surface area contributed by atoms with Crippen molar-refractivity contribution in [2.45, 2.75) is 0 Å². The average molecular weight is 245 g/mol. The van der Waals surface area contributed by atoms with Gasteiger partial charge >= 0.3 is 5.97 Å². The van der Waals surface area contributed by atoms with E-state index in [0.29, 0.717) is 5.82 Å². The summed E-state index contributed by atoms with van der Waals surface area (Å²) < 4.78 is 0. The Balaban J connectivity index is 2.34. The molecular formula is C8H9ClN4O3. The summed E-state index contributed by atoms with van der Waals surface area (Å²) in [6, 6.07) is 0. The van der Waals surface area contributed by atoms with Crippen molar-refractivity contribution in [1.29, 1.82) is 0 Å². The summed E-state index contributed by atoms with van der Waals surface area (Å²) in [5.41, 5.74) is 0. The molecule has 0 aromatic carbocycles. The molecule has 3 N–H and O–H groups in total. The van der Waals surface area contributed by atoms with Crippen LogP contribution in [0.15, 0.2) is 12.4 Å². The smallest absolute Gasteiger partial charge is 0.322 e. The van der Waals surface area contributed by atoms with E-state index in [1.165, 1.54) is 12.4 Å². The minimum atomic E-state index is -1.10. The maximum absolute atomic E-state index is 11.1. The first kappa shape index (κ1) is 12.2. The lowest BCUT2D eigenvalue weighted by molar-refractivity contribution is -0.137. The van der Waals surface area contributed by atoms with Crippen LogP contribution in [0.5, 0.6) is 0 Å². The van der Waals surface area contributed by atoms with E-state index >= 15 is 0 Å². The van der Waals surface area contributed by atoms with Crippen molar-refractivity contribution in [3.63, 3.8) is 0 Å². The summed E-state index contributed by atoms with van der Waals surface area (Å²) in [6.07, 6.45) is 2.76. The zero-order chi connectivity index (χ0) is 12.0. The second-order valence-corrected chi connectivity index (χ2v) is 3.14. The molecule has 0 unspecified atom stereocenters. The van der Waals surface area contributed by atoms with Gasteiger partial charge in [-0.25, -0.2) is 4.98 Å². The van der Waals surface area contributed by atoms with Crippen LogP contribution < -0.4 is 10.6 Å². The van der Waals surface area contributed by atoms with Gasteiger partial charge in [-0.3, -0.25) is 14.6 Å². The van der Waals surface area contributed by atoms with Crippen molar-refractivity contribution in [2.24, 2.45) is 0 Å². The lowest BCUT2D eigenvalue weighted by atomic mass is 10.5. The van der Waals surface area contributed by atoms with Crippen molar-refractivity contribution in [2.75, 3.05) is 18.4 Å². The summed E-state index contributed by atoms with van der Waals surface area (Å²) in [7, 11) is 0. The quantitative estimate of drug-likeness (QED) is 0.659. The fourth-order valence-electron chi connectivity index (χ4n) is 0.835. The highest BCUT2D eigenvalue weighted by atomic mass is 35.5. The number of carbonyl (C=O) groups is 2. The number of rotatable bonds is 5. The number of hydrogen-bond acceptors (Lipinski definition) is 5. The van der Waals surface area contributed by atoms with Gasteiger partial charge < -0.3 is 15.7 Å². The normalized spacial score (nSPS) is 9.56. The number of amides is 1. The molecular weight excluding hydrogens is 236 g/mol. The van der Waals surface area contributed by atoms with E-state index in [-0.39, 0.29) is 11.7 Å². The van der Waals surface area contributed by atoms with Crippen LogP contribution in [0.4, 0.5) is 5.82 Å². The predicted octanol–water partition coefficient (Wildman–Crippen LogP) is -0.257. The number of carboxylic acid groups (broad SMARTS) is 1. The molecule has 0 aliphatic rings. The Labute approximate surface area is 95.9 Å². The molecule has 0 spiro atoms. The van der Waals surface area contributed by atoms with Crippen LogP contribution >= 0.6 is 11.6 Å². The molecule has 7 nitrogen and oxygen atoms in total. The van der Waals surface area contributed by atoms with Crippen molar-refractivity contribution >= 4 is 29.3 Å². The van der Waals surface area contributed by atoms with Gasteiger partial charge in [0.05, 0.1) is 18.9 Å². The zero-order valence-electron chi connectivity index (χ0n) is 8.11. The van der Waals surface area contributed by atoms with E-state index in [1.54, 1.807) is 0 Å². The minimum Gasteiger partial charge on any atom is -0.480 e. The first-order chi connectivity index (χ1) is 7.58. The SMILES string of the molecule is O=C(O)CNC(=O)CNc1cncc(Cl)n1. The monoisotopic (exact) mass is 244 g/mol. The van der Waals surface area contributed by atoms with Crippen molar-refractivity contribution in [1.82, 2.24) is 15.3 Å². The highest BCUT2D eigenvalue weighted by Gasteiger charge is 2.04. The van der Waals surface area contributed by atoms with Crippen LogP contribution in [0, 0.1) is 0 Å². The van der Waals surface area contributed by atoms with Crippen LogP contribution in [-0.4, -0.2) is 40.0 Å². The number of aliphatic carboxylic acids is 1. The average Bonchev–Trinajstić information content (AvgIpc) is 2.23. The summed E-state index contributed by atoms with van der Waals surface area (Å²) in [5, 5.41) is 13.3. The maximum atomic E-state index is 11.1. The van der Waals surface area contributed by atoms with Crippen LogP contribution in [0.25, 0.3) is 0 Å². The molecule has 0 aliphatic heterocycles. The summed E-state index contributed by atoms with van der Waals surface area (Å²) in [5.74, 6) is -1.21. The number of nitrogens with zero attached hydrogens (tertiary/aromatic N) is 2. The second-order valence-electron chi connectivity index (χ2n) is 2.75. The first-order valence-corrected chi connectivity index (χ1v) is 4.65. The molecule has 1 heterocycles. The van der Waals surface area contributed by atoms with E-state index in [9.17, 15) is 9.59 Å². The van der Waals surface area contributed by atoms with Gasteiger partial charge in [-0.1, -0.05) is 11.6 Å². The topological polar surface area (TPSA) is 104 Å². The number of hydrogen-bond donors (Lipinski definition) is 3. The molecule has 0 radical (unpaired) electrons. The van der Waals surface area contributed by atoms with E-state index < -0.39 is 18.4 Å². The number of carbonyl (C=O) groups excluding carboxylic acids is 1. The largest absolute Gasteiger partial charge is 0.480 e. The maximum Gasteiger partial charge on any atom is 0.322 e. The van der Waals surface area contributed by atoms with Gasteiger partial charge in [0.25, 0.3) is 0 Å². The molecule has 0 saturated carbocycles. The Morgan fingerprint density at radius 1 is 1.38 bits per heavy atom. The molecule has 1 aromatic rings. The molecule has 1 aromatic heterocycles. The van der Waals surface area contributed by atoms with Gasteiger partial charge in [0.15, 0.2) is 0 Å². The van der Waals surface area contributed by atoms with Crippen LogP contribution in [-0.2, 0) is 9.59 Å². The highest BCUT2D eigenvalue weighted by Crippen LogP contribution is 2.05. The van der Waals surface area contributed by atoms with Crippen molar-refractivity contribution in [3.05, 3.63) is 17.5 Å². The standard InChI is InChI=1S/C8H9ClN4O3/c9-5-1-10-2-6(13-5)11-3-7(14)12-4-8(15)16/h1-2H,3-4H2,(H,11,13)(H,12,14)(H,15,16). The molecule has 0 aliphatic carbocycles. The third-order valence-electron chi connectivity index (χ3n) is 1.47. The lowest BCUT2D eigenvalue weighted by Crippen LogP contribution is -2.33. The number of carboxylic acids is 1. The molecule has 1 rings (SSSR count). The fraction of sp³-hybridized carbons (Fsp3) is 0.250. The Kier molecular flexibility index (Phi) is 4.46. The summed E-state index contributed by atoms with van der Waals surface area (Å²) in [6.45, 7) is -0.510. The van der Waals surface area contributed by atoms with E-state index in [4.69, 9.17) is 16.7 Å². The van der Waals surface area contributed by atoms with Gasteiger partial charge in [0.1, 0.15) is 17.5 Å². The van der Waals surface area contributed by atoms with E-state index in [2.05, 4.69) is 20.6 Å². The predicted molar refractivity (Wildman–Crippen MR) is 56.2 cm³/mol. The highest BCUT2D eigenvalue weighted by molar-refractivity contribution is 6.29. The first-order valence-electron chi connectivity index (χ1n) is 4.28. The van der Waals surface area contributed by atoms with Gasteiger partial charge in [-0.05, 0) is 0 Å². The molecule has 1 amide bonds. The molecule has 0 bridgehead atoms. The van der Waals surface area contributed by atoms with Crippen LogP contribution in [0.1, 0.15) is 0 Å². The Hall–Kier alpha value is -1.89. The third-order valence-corrected chi connectivity index (χ3v) is 1.65. The fourth-order valence-corrected chi connectivity index (χ4v) is 0.982. The van der Waals surface area contributed by atoms with Gasteiger partial charge in [0.2, 0.25) is 5.91 Å². The molecule has 8 heteroatoms. The van der Waals surface area contributed by atoms with Crippen molar-refractivity contribution < 1.29 is 14.7 Å². The van der Waals surface area contributed by atoms with Crippen LogP contribution in [0.3, 0.4) is 0 Å². The Bertz CT molecular complexity index is 399. The van der Waals surface area contributed by atoms with Gasteiger partial charge in [-0.15, -0.1) is 0 Å². The molecule has 0 atom stereocenters. The Morgan fingerprint density at radius 3 is 2.75 bits per heavy atom. The number of anilines is 1. The van der Waals surface area contributed by atoms with Gasteiger partial charge in [0, 0.05) is 0 Å². The third kappa shape index (κ3) is 4.56. The number of aromatic nitrogens is 2. The molecule has 16 heavy (non-hydrogen) atoms. The van der Waals surface area contributed by atoms with Crippen LogP contribution in [0.2, 0.25) is 5.15 Å². The van der Waals surface area contributed by atoms with E-state index in [1.807, 2.05) is 0 Å². The Morgan fingerprint density at radius 2 is 2.12 bits per heavy atom. The van der Waals surface area contributed by atoms with E-state index in [0.717, 1.165) is 0 Å². The minimum absolute atomic E-state index is 0.0949. The number of nitrogens with one attached hydrogen (secondary N) is 2. The summed E-state index contributed by atoms with van der Waals surface area (Å²) >= 11 is 5.57.